The SMILES string of the molecule is Cc1cc(=O)n(CCC(=O)ON2C(=O)c3ccccc3C2=O)cn1. The standard InChI is InChI=1S/C16H13N3O5/c1-10-8-13(20)18(9-17-10)7-6-14(21)24-19-15(22)11-4-2-3-5-12(11)16(19)23/h2-5,8-9H,6-7H2,1H3. The van der Waals surface area contributed by atoms with Gasteiger partial charge in [0, 0.05) is 18.3 Å². The Hall–Kier alpha value is -3.29. The van der Waals surface area contributed by atoms with Crippen LogP contribution < -0.4 is 5.56 Å². The molecule has 2 amide bonds. The molecule has 1 aliphatic rings. The molecule has 1 aromatic heterocycles. The van der Waals surface area contributed by atoms with Gasteiger partial charge in [-0.2, -0.15) is 0 Å². The third kappa shape index (κ3) is 2.81. The van der Waals surface area contributed by atoms with E-state index in [1.54, 1.807) is 19.1 Å². The van der Waals surface area contributed by atoms with Gasteiger partial charge in [-0.15, -0.1) is 0 Å². The zero-order chi connectivity index (χ0) is 17.3. The maximum atomic E-state index is 12.1. The molecule has 2 heterocycles. The quantitative estimate of drug-likeness (QED) is 0.767. The smallest absolute Gasteiger partial charge is 0.330 e. The van der Waals surface area contributed by atoms with E-state index in [2.05, 4.69) is 4.98 Å². The normalized spacial score (nSPS) is 13.1. The molecule has 0 saturated heterocycles. The Morgan fingerprint density at radius 3 is 2.33 bits per heavy atom. The Balaban J connectivity index is 1.65. The summed E-state index contributed by atoms with van der Waals surface area (Å²) in [5.74, 6) is -2.16. The molecule has 0 atom stereocenters. The summed E-state index contributed by atoms with van der Waals surface area (Å²) >= 11 is 0. The van der Waals surface area contributed by atoms with E-state index in [0.29, 0.717) is 10.8 Å². The highest BCUT2D eigenvalue weighted by Crippen LogP contribution is 2.22. The number of imide groups is 1. The fraction of sp³-hybridized carbons (Fsp3) is 0.188. The third-order valence-corrected chi connectivity index (χ3v) is 3.52. The molecule has 0 fully saturated rings. The first kappa shape index (κ1) is 15.6. The van der Waals surface area contributed by atoms with Gasteiger partial charge in [-0.1, -0.05) is 17.2 Å². The minimum atomic E-state index is -0.794. The number of aryl methyl sites for hydroxylation is 2. The predicted molar refractivity (Wildman–Crippen MR) is 80.9 cm³/mol. The molecular formula is C16H13N3O5. The molecule has 0 saturated carbocycles. The monoisotopic (exact) mass is 327 g/mol. The van der Waals surface area contributed by atoms with Gasteiger partial charge in [0.1, 0.15) is 0 Å². The Bertz CT molecular complexity index is 868. The van der Waals surface area contributed by atoms with Crippen LogP contribution in [0.25, 0.3) is 0 Å². The summed E-state index contributed by atoms with van der Waals surface area (Å²) in [5, 5.41) is 0.448. The van der Waals surface area contributed by atoms with Crippen molar-refractivity contribution >= 4 is 17.8 Å². The van der Waals surface area contributed by atoms with E-state index < -0.39 is 17.8 Å². The summed E-state index contributed by atoms with van der Waals surface area (Å²) in [6.07, 6.45) is 1.14. The van der Waals surface area contributed by atoms with Crippen LogP contribution in [0.1, 0.15) is 32.8 Å². The van der Waals surface area contributed by atoms with Crippen molar-refractivity contribution in [3.8, 4) is 0 Å². The summed E-state index contributed by atoms with van der Waals surface area (Å²) in [7, 11) is 0. The number of fused-ring (bicyclic) bond motifs is 1. The molecule has 122 valence electrons. The molecule has 0 aliphatic carbocycles. The van der Waals surface area contributed by atoms with Gasteiger partial charge < -0.3 is 4.84 Å². The number of nitrogens with zero attached hydrogens (tertiary/aromatic N) is 3. The van der Waals surface area contributed by atoms with E-state index in [-0.39, 0.29) is 29.7 Å². The molecule has 8 heteroatoms. The first-order valence-electron chi connectivity index (χ1n) is 7.19. The van der Waals surface area contributed by atoms with Gasteiger partial charge in [-0.05, 0) is 19.1 Å². The average Bonchev–Trinajstić information content (AvgIpc) is 2.79. The second-order valence-electron chi connectivity index (χ2n) is 5.23. The van der Waals surface area contributed by atoms with Crippen molar-refractivity contribution in [2.24, 2.45) is 0 Å². The van der Waals surface area contributed by atoms with Crippen molar-refractivity contribution < 1.29 is 19.2 Å². The average molecular weight is 327 g/mol. The van der Waals surface area contributed by atoms with Gasteiger partial charge in [0.15, 0.2) is 0 Å². The highest BCUT2D eigenvalue weighted by Gasteiger charge is 2.38. The van der Waals surface area contributed by atoms with E-state index in [4.69, 9.17) is 4.84 Å². The first-order chi connectivity index (χ1) is 11.5. The van der Waals surface area contributed by atoms with Crippen LogP contribution in [0.15, 0.2) is 41.5 Å². The third-order valence-electron chi connectivity index (χ3n) is 3.52. The number of hydroxylamine groups is 2. The topological polar surface area (TPSA) is 98.6 Å². The number of amides is 2. The lowest BCUT2D eigenvalue weighted by Crippen LogP contribution is -2.33. The molecule has 0 unspecified atom stereocenters. The van der Waals surface area contributed by atoms with E-state index in [0.717, 1.165) is 0 Å². The number of hydrogen-bond acceptors (Lipinski definition) is 6. The van der Waals surface area contributed by atoms with Crippen LogP contribution in [0.2, 0.25) is 0 Å². The Labute approximate surface area is 136 Å². The van der Waals surface area contributed by atoms with E-state index in [1.165, 1.54) is 29.1 Å². The maximum absolute atomic E-state index is 12.1. The molecule has 0 N–H and O–H groups in total. The zero-order valence-electron chi connectivity index (χ0n) is 12.8. The zero-order valence-corrected chi connectivity index (χ0v) is 12.8. The van der Waals surface area contributed by atoms with Crippen LogP contribution in [-0.2, 0) is 16.2 Å². The molecule has 0 bridgehead atoms. The van der Waals surface area contributed by atoms with Gasteiger partial charge >= 0.3 is 5.97 Å². The van der Waals surface area contributed by atoms with Crippen molar-refractivity contribution in [2.45, 2.75) is 19.9 Å². The van der Waals surface area contributed by atoms with Crippen molar-refractivity contribution in [1.29, 1.82) is 0 Å². The van der Waals surface area contributed by atoms with E-state index in [1.807, 2.05) is 0 Å². The Morgan fingerprint density at radius 2 is 1.75 bits per heavy atom. The first-order valence-corrected chi connectivity index (χ1v) is 7.19. The number of benzene rings is 1. The molecule has 1 aliphatic heterocycles. The van der Waals surface area contributed by atoms with E-state index in [9.17, 15) is 19.2 Å². The molecule has 0 radical (unpaired) electrons. The van der Waals surface area contributed by atoms with E-state index >= 15 is 0 Å². The molecule has 24 heavy (non-hydrogen) atoms. The van der Waals surface area contributed by atoms with Crippen LogP contribution in [0.3, 0.4) is 0 Å². The fourth-order valence-corrected chi connectivity index (χ4v) is 2.29. The second kappa shape index (κ2) is 6.07. The lowest BCUT2D eigenvalue weighted by Gasteiger charge is -2.12. The van der Waals surface area contributed by atoms with Crippen LogP contribution in [0, 0.1) is 6.92 Å². The van der Waals surface area contributed by atoms with Gasteiger partial charge in [0.25, 0.3) is 17.4 Å². The largest absolute Gasteiger partial charge is 0.335 e. The summed E-state index contributed by atoms with van der Waals surface area (Å²) in [4.78, 5) is 56.6. The Morgan fingerprint density at radius 1 is 1.12 bits per heavy atom. The van der Waals surface area contributed by atoms with Crippen LogP contribution in [0.4, 0.5) is 0 Å². The minimum absolute atomic E-state index is 0.0358. The molecule has 2 aromatic rings. The van der Waals surface area contributed by atoms with Gasteiger partial charge in [0.05, 0.1) is 23.9 Å². The van der Waals surface area contributed by atoms with Gasteiger partial charge in [0.2, 0.25) is 0 Å². The number of carbonyl (C=O) groups is 3. The lowest BCUT2D eigenvalue weighted by molar-refractivity contribution is -0.168. The van der Waals surface area contributed by atoms with Crippen LogP contribution >= 0.6 is 0 Å². The lowest BCUT2D eigenvalue weighted by atomic mass is 10.1. The minimum Gasteiger partial charge on any atom is -0.330 e. The number of carbonyl (C=O) groups excluding carboxylic acids is 3. The van der Waals surface area contributed by atoms with Crippen molar-refractivity contribution in [3.05, 3.63) is 63.8 Å². The summed E-state index contributed by atoms with van der Waals surface area (Å²) in [6, 6.07) is 7.55. The molecule has 3 rings (SSSR count). The number of hydrogen-bond donors (Lipinski definition) is 0. The molecule has 1 aromatic carbocycles. The van der Waals surface area contributed by atoms with Gasteiger partial charge in [-0.25, -0.2) is 9.78 Å². The predicted octanol–water partition coefficient (Wildman–Crippen LogP) is 0.696. The molecule has 8 nitrogen and oxygen atoms in total. The van der Waals surface area contributed by atoms with Gasteiger partial charge in [-0.3, -0.25) is 19.0 Å². The highest BCUT2D eigenvalue weighted by molar-refractivity contribution is 6.20. The second-order valence-corrected chi connectivity index (χ2v) is 5.23. The van der Waals surface area contributed by atoms with Crippen molar-refractivity contribution in [1.82, 2.24) is 14.6 Å². The Kier molecular flexibility index (Phi) is 3.95. The van der Waals surface area contributed by atoms with Crippen molar-refractivity contribution in [3.63, 3.8) is 0 Å². The molecular weight excluding hydrogens is 314 g/mol. The summed E-state index contributed by atoms with van der Waals surface area (Å²) < 4.78 is 1.25. The maximum Gasteiger partial charge on any atom is 0.335 e. The highest BCUT2D eigenvalue weighted by atomic mass is 16.7. The molecule has 0 spiro atoms. The van der Waals surface area contributed by atoms with Crippen molar-refractivity contribution in [2.75, 3.05) is 0 Å². The summed E-state index contributed by atoms with van der Waals surface area (Å²) in [5.41, 5.74) is 0.657. The van der Waals surface area contributed by atoms with Crippen LogP contribution in [0.5, 0.6) is 0 Å². The summed E-state index contributed by atoms with van der Waals surface area (Å²) in [6.45, 7) is 1.72. The van der Waals surface area contributed by atoms with Crippen LogP contribution in [-0.4, -0.2) is 32.4 Å². The fourth-order valence-electron chi connectivity index (χ4n) is 2.29. The number of aromatic nitrogens is 2. The number of rotatable bonds is 4.